The maximum atomic E-state index is 4.43. The van der Waals surface area contributed by atoms with Gasteiger partial charge in [-0.15, -0.1) is 0 Å². The summed E-state index contributed by atoms with van der Waals surface area (Å²) in [5, 5.41) is 0. The summed E-state index contributed by atoms with van der Waals surface area (Å²) < 4.78 is 0. The van der Waals surface area contributed by atoms with Crippen molar-refractivity contribution in [2.24, 2.45) is 10.9 Å². The van der Waals surface area contributed by atoms with E-state index in [1.807, 2.05) is 0 Å². The molecule has 3 aliphatic rings. The molecule has 0 saturated carbocycles. The van der Waals surface area contributed by atoms with Gasteiger partial charge in [-0.05, 0) is 50.8 Å². The molecule has 2 heteroatoms. The highest BCUT2D eigenvalue weighted by molar-refractivity contribution is 5.83. The fraction of sp³-hybridized carbons (Fsp3) is 0.750. The summed E-state index contributed by atoms with van der Waals surface area (Å²) >= 11 is 0. The molecule has 1 spiro atoms. The zero-order valence-electron chi connectivity index (χ0n) is 8.87. The van der Waals surface area contributed by atoms with Crippen LogP contribution in [0.2, 0.25) is 0 Å². The lowest BCUT2D eigenvalue weighted by atomic mass is 9.70. The van der Waals surface area contributed by atoms with Gasteiger partial charge in [0.2, 0.25) is 0 Å². The first kappa shape index (κ1) is 8.66. The molecule has 2 nitrogen and oxygen atoms in total. The molecule has 3 rings (SSSR count). The molecule has 76 valence electrons. The summed E-state index contributed by atoms with van der Waals surface area (Å²) in [5.74, 6) is 0.902. The van der Waals surface area contributed by atoms with Gasteiger partial charge in [0.05, 0.1) is 5.54 Å². The second-order valence-electron chi connectivity index (χ2n) is 4.85. The van der Waals surface area contributed by atoms with Crippen molar-refractivity contribution in [3.05, 3.63) is 11.6 Å². The van der Waals surface area contributed by atoms with Crippen molar-refractivity contribution in [2.75, 3.05) is 20.1 Å². The summed E-state index contributed by atoms with van der Waals surface area (Å²) in [6.07, 6.45) is 9.85. The largest absolute Gasteiger partial charge is 0.296 e. The van der Waals surface area contributed by atoms with Crippen LogP contribution in [-0.2, 0) is 0 Å². The molecular formula is C12H18N2. The van der Waals surface area contributed by atoms with Gasteiger partial charge in [0.25, 0.3) is 0 Å². The van der Waals surface area contributed by atoms with Crippen LogP contribution in [0.1, 0.15) is 25.7 Å². The van der Waals surface area contributed by atoms with Crippen LogP contribution in [0.3, 0.4) is 0 Å². The molecule has 1 aliphatic carbocycles. The van der Waals surface area contributed by atoms with Gasteiger partial charge in [-0.2, -0.15) is 0 Å². The Balaban J connectivity index is 2.09. The van der Waals surface area contributed by atoms with Crippen LogP contribution >= 0.6 is 0 Å². The fourth-order valence-corrected chi connectivity index (χ4v) is 3.66. The van der Waals surface area contributed by atoms with Gasteiger partial charge < -0.3 is 0 Å². The van der Waals surface area contributed by atoms with Gasteiger partial charge in [0, 0.05) is 12.8 Å². The lowest BCUT2D eigenvalue weighted by molar-refractivity contribution is 0.151. The molecule has 1 saturated heterocycles. The lowest BCUT2D eigenvalue weighted by Crippen LogP contribution is -2.51. The highest BCUT2D eigenvalue weighted by atomic mass is 15.2. The first-order valence-corrected chi connectivity index (χ1v) is 5.76. The maximum Gasteiger partial charge on any atom is 0.0515 e. The van der Waals surface area contributed by atoms with Crippen molar-refractivity contribution in [3.63, 3.8) is 0 Å². The molecule has 2 heterocycles. The van der Waals surface area contributed by atoms with Gasteiger partial charge in [-0.25, -0.2) is 0 Å². The first-order valence-electron chi connectivity index (χ1n) is 5.76. The molecule has 1 fully saturated rings. The fourth-order valence-electron chi connectivity index (χ4n) is 3.66. The number of likely N-dealkylation sites (tertiary alicyclic amines) is 1. The number of aliphatic imine (C=N–C) groups is 1. The minimum Gasteiger partial charge on any atom is -0.296 e. The Kier molecular flexibility index (Phi) is 1.81. The minimum atomic E-state index is 0.389. The Hall–Kier alpha value is -0.630. The zero-order valence-corrected chi connectivity index (χ0v) is 8.87. The average Bonchev–Trinajstić information content (AvgIpc) is 2.55. The van der Waals surface area contributed by atoms with E-state index in [1.54, 1.807) is 0 Å². The molecule has 0 N–H and O–H groups in total. The van der Waals surface area contributed by atoms with Crippen LogP contribution in [-0.4, -0.2) is 36.8 Å². The third kappa shape index (κ3) is 0.924. The van der Waals surface area contributed by atoms with Gasteiger partial charge in [-0.1, -0.05) is 6.08 Å². The Morgan fingerprint density at radius 1 is 1.50 bits per heavy atom. The summed E-state index contributed by atoms with van der Waals surface area (Å²) in [6.45, 7) is 2.30. The van der Waals surface area contributed by atoms with E-state index in [0.717, 1.165) is 12.5 Å². The van der Waals surface area contributed by atoms with Crippen molar-refractivity contribution in [2.45, 2.75) is 31.2 Å². The highest BCUT2D eigenvalue weighted by Crippen LogP contribution is 2.47. The van der Waals surface area contributed by atoms with E-state index in [4.69, 9.17) is 0 Å². The Morgan fingerprint density at radius 2 is 2.43 bits per heavy atom. The maximum absolute atomic E-state index is 4.43. The quantitative estimate of drug-likeness (QED) is 0.569. The van der Waals surface area contributed by atoms with Gasteiger partial charge in [0.15, 0.2) is 0 Å². The van der Waals surface area contributed by atoms with Crippen LogP contribution in [0.25, 0.3) is 0 Å². The van der Waals surface area contributed by atoms with Crippen LogP contribution < -0.4 is 0 Å². The molecule has 2 atom stereocenters. The molecule has 0 bridgehead atoms. The Morgan fingerprint density at radius 3 is 3.36 bits per heavy atom. The molecule has 14 heavy (non-hydrogen) atoms. The number of nitrogens with zero attached hydrogens (tertiary/aromatic N) is 2. The number of rotatable bonds is 0. The van der Waals surface area contributed by atoms with Crippen molar-refractivity contribution < 1.29 is 0 Å². The third-order valence-corrected chi connectivity index (χ3v) is 4.40. The van der Waals surface area contributed by atoms with Crippen molar-refractivity contribution >= 4 is 6.21 Å². The number of likely N-dealkylation sites (N-methyl/N-ethyl adjacent to an activating group) is 1. The number of hydrogen-bond acceptors (Lipinski definition) is 2. The van der Waals surface area contributed by atoms with E-state index in [-0.39, 0.29) is 0 Å². The number of hydrogen-bond donors (Lipinski definition) is 0. The predicted molar refractivity (Wildman–Crippen MR) is 58.8 cm³/mol. The van der Waals surface area contributed by atoms with E-state index in [1.165, 1.54) is 37.8 Å². The molecule has 0 aromatic heterocycles. The van der Waals surface area contributed by atoms with Crippen molar-refractivity contribution in [1.82, 2.24) is 4.90 Å². The van der Waals surface area contributed by atoms with Crippen molar-refractivity contribution in [1.29, 1.82) is 0 Å². The predicted octanol–water partition coefficient (Wildman–Crippen LogP) is 1.87. The zero-order chi connectivity index (χ0) is 9.60. The standard InChI is InChI=1S/C12H18N2/c1-14-8-5-10-3-2-4-11-9-13-7-6-12(10,11)14/h4,9-10H,2-3,5-8H2,1H3. The Labute approximate surface area is 85.7 Å². The van der Waals surface area contributed by atoms with E-state index in [2.05, 4.69) is 29.2 Å². The highest BCUT2D eigenvalue weighted by Gasteiger charge is 2.50. The minimum absolute atomic E-state index is 0.389. The van der Waals surface area contributed by atoms with Crippen LogP contribution in [0.5, 0.6) is 0 Å². The van der Waals surface area contributed by atoms with Gasteiger partial charge in [-0.3, -0.25) is 9.89 Å². The average molecular weight is 190 g/mol. The molecule has 0 aromatic carbocycles. The smallest absolute Gasteiger partial charge is 0.0515 e. The summed E-state index contributed by atoms with van der Waals surface area (Å²) in [5.41, 5.74) is 1.90. The lowest BCUT2D eigenvalue weighted by Gasteiger charge is -2.45. The second kappa shape index (κ2) is 2.93. The molecule has 2 aliphatic heterocycles. The van der Waals surface area contributed by atoms with Gasteiger partial charge in [0.1, 0.15) is 0 Å². The summed E-state index contributed by atoms with van der Waals surface area (Å²) in [6, 6.07) is 0. The van der Waals surface area contributed by atoms with Gasteiger partial charge >= 0.3 is 0 Å². The Bertz CT molecular complexity index is 305. The first-order chi connectivity index (χ1) is 6.84. The van der Waals surface area contributed by atoms with E-state index in [9.17, 15) is 0 Å². The summed E-state index contributed by atoms with van der Waals surface area (Å²) in [7, 11) is 2.29. The SMILES string of the molecule is CN1CCC2CCC=C3C=NCCC321. The number of allylic oxidation sites excluding steroid dienone is 1. The van der Waals surface area contributed by atoms with Crippen LogP contribution in [0, 0.1) is 5.92 Å². The van der Waals surface area contributed by atoms with Crippen LogP contribution in [0.15, 0.2) is 16.6 Å². The van der Waals surface area contributed by atoms with Crippen molar-refractivity contribution in [3.8, 4) is 0 Å². The summed E-state index contributed by atoms with van der Waals surface area (Å²) in [4.78, 5) is 7.01. The van der Waals surface area contributed by atoms with Crippen LogP contribution in [0.4, 0.5) is 0 Å². The molecule has 2 unspecified atom stereocenters. The second-order valence-corrected chi connectivity index (χ2v) is 4.85. The molecule has 0 aromatic rings. The molecule has 0 radical (unpaired) electrons. The van der Waals surface area contributed by atoms with E-state index in [0.29, 0.717) is 5.54 Å². The molecular weight excluding hydrogens is 172 g/mol. The van der Waals surface area contributed by atoms with E-state index < -0.39 is 0 Å². The third-order valence-electron chi connectivity index (χ3n) is 4.40. The molecule has 0 amide bonds. The van der Waals surface area contributed by atoms with E-state index >= 15 is 0 Å². The monoisotopic (exact) mass is 190 g/mol. The normalized spacial score (nSPS) is 41.8. The topological polar surface area (TPSA) is 15.6 Å².